The molecule has 6 nitrogen and oxygen atoms in total. The topological polar surface area (TPSA) is 78.1 Å². The van der Waals surface area contributed by atoms with Crippen molar-refractivity contribution in [2.75, 3.05) is 11.4 Å². The first kappa shape index (κ1) is 20.0. The summed E-state index contributed by atoms with van der Waals surface area (Å²) in [6.07, 6.45) is 3.60. The van der Waals surface area contributed by atoms with E-state index < -0.39 is 11.2 Å². The van der Waals surface area contributed by atoms with Crippen LogP contribution in [0, 0.1) is 11.2 Å². The Morgan fingerprint density at radius 2 is 1.97 bits per heavy atom. The van der Waals surface area contributed by atoms with Crippen molar-refractivity contribution >= 4 is 40.0 Å². The third kappa shape index (κ3) is 3.47. The predicted molar refractivity (Wildman–Crippen MR) is 117 cm³/mol. The van der Waals surface area contributed by atoms with E-state index in [0.717, 1.165) is 30.2 Å². The van der Waals surface area contributed by atoms with Crippen molar-refractivity contribution in [3.05, 3.63) is 59.0 Å². The highest BCUT2D eigenvalue weighted by Crippen LogP contribution is 2.47. The van der Waals surface area contributed by atoms with Gasteiger partial charge in [0, 0.05) is 18.0 Å². The van der Waals surface area contributed by atoms with Crippen molar-refractivity contribution in [1.29, 1.82) is 0 Å². The third-order valence-electron chi connectivity index (χ3n) is 6.68. The number of amides is 2. The van der Waals surface area contributed by atoms with E-state index in [0.29, 0.717) is 30.8 Å². The van der Waals surface area contributed by atoms with E-state index in [1.807, 2.05) is 24.3 Å². The molecule has 0 bridgehead atoms. The van der Waals surface area contributed by atoms with Crippen LogP contribution >= 0.6 is 11.6 Å². The quantitative estimate of drug-likeness (QED) is 0.631. The van der Waals surface area contributed by atoms with E-state index in [4.69, 9.17) is 11.6 Å². The van der Waals surface area contributed by atoms with Crippen molar-refractivity contribution < 1.29 is 14.0 Å². The molecule has 2 heterocycles. The molecule has 2 aromatic carbocycles. The number of carbonyl (C=O) groups is 2. The molecule has 0 atom stereocenters. The zero-order valence-corrected chi connectivity index (χ0v) is 17.6. The number of halogens is 2. The fraction of sp³-hybridized carbons (Fsp3) is 0.348. The lowest BCUT2D eigenvalue weighted by molar-refractivity contribution is -0.127. The van der Waals surface area contributed by atoms with Gasteiger partial charge in [0.2, 0.25) is 5.91 Å². The molecular formula is C23H22ClFN4O2. The molecule has 1 saturated heterocycles. The fourth-order valence-corrected chi connectivity index (χ4v) is 5.19. The summed E-state index contributed by atoms with van der Waals surface area (Å²) in [5.41, 5.74) is 1.35. The Balaban J connectivity index is 1.25. The van der Waals surface area contributed by atoms with Crippen LogP contribution in [0.5, 0.6) is 0 Å². The highest BCUT2D eigenvalue weighted by Gasteiger charge is 2.49. The average molecular weight is 441 g/mol. The summed E-state index contributed by atoms with van der Waals surface area (Å²) in [4.78, 5) is 27.7. The summed E-state index contributed by atoms with van der Waals surface area (Å²) in [5.74, 6) is -0.573. The van der Waals surface area contributed by atoms with Crippen LogP contribution in [-0.4, -0.2) is 34.6 Å². The smallest absolute Gasteiger partial charge is 0.272 e. The van der Waals surface area contributed by atoms with E-state index in [9.17, 15) is 14.0 Å². The molecule has 0 radical (unpaired) electrons. The predicted octanol–water partition coefficient (Wildman–Crippen LogP) is 4.45. The molecule has 1 aliphatic heterocycles. The van der Waals surface area contributed by atoms with Crippen LogP contribution in [0.1, 0.15) is 42.6 Å². The Kier molecular flexibility index (Phi) is 4.93. The fourth-order valence-electron chi connectivity index (χ4n) is 4.92. The van der Waals surface area contributed by atoms with E-state index in [-0.39, 0.29) is 22.9 Å². The van der Waals surface area contributed by atoms with E-state index in [1.54, 1.807) is 11.0 Å². The molecule has 8 heteroatoms. The van der Waals surface area contributed by atoms with Crippen LogP contribution < -0.4 is 10.2 Å². The number of fused-ring (bicyclic) bond motifs is 1. The molecule has 1 aliphatic carbocycles. The van der Waals surface area contributed by atoms with E-state index >= 15 is 0 Å². The van der Waals surface area contributed by atoms with Gasteiger partial charge in [-0.1, -0.05) is 29.8 Å². The van der Waals surface area contributed by atoms with Crippen LogP contribution in [0.25, 0.3) is 10.9 Å². The number of nitrogens with one attached hydrogen (secondary N) is 2. The molecule has 31 heavy (non-hydrogen) atoms. The molecule has 3 aromatic rings. The number of hydrogen-bond acceptors (Lipinski definition) is 3. The van der Waals surface area contributed by atoms with Crippen LogP contribution in [0.3, 0.4) is 0 Å². The number of anilines is 1. The summed E-state index contributed by atoms with van der Waals surface area (Å²) in [6.45, 7) is 0.570. The lowest BCUT2D eigenvalue weighted by Crippen LogP contribution is -2.44. The minimum Gasteiger partial charge on any atom is -0.348 e. The third-order valence-corrected chi connectivity index (χ3v) is 6.98. The van der Waals surface area contributed by atoms with Crippen LogP contribution in [-0.2, 0) is 4.79 Å². The summed E-state index contributed by atoms with van der Waals surface area (Å²) < 4.78 is 13.4. The molecule has 2 N–H and O–H groups in total. The Morgan fingerprint density at radius 1 is 1.19 bits per heavy atom. The van der Waals surface area contributed by atoms with Crippen LogP contribution in [0.2, 0.25) is 5.02 Å². The highest BCUT2D eigenvalue weighted by atomic mass is 35.5. The van der Waals surface area contributed by atoms with Crippen molar-refractivity contribution in [2.24, 2.45) is 5.41 Å². The van der Waals surface area contributed by atoms with Gasteiger partial charge in [-0.3, -0.25) is 14.7 Å². The Hall–Kier alpha value is -2.93. The highest BCUT2D eigenvalue weighted by molar-refractivity contribution is 6.34. The van der Waals surface area contributed by atoms with Gasteiger partial charge in [0.1, 0.15) is 5.82 Å². The Bertz CT molecular complexity index is 1170. The summed E-state index contributed by atoms with van der Waals surface area (Å²) in [5, 5.41) is 11.2. The number of carbonyl (C=O) groups excluding carboxylic acids is 2. The van der Waals surface area contributed by atoms with Gasteiger partial charge < -0.3 is 10.2 Å². The van der Waals surface area contributed by atoms with Crippen molar-refractivity contribution in [3.8, 4) is 0 Å². The molecule has 2 fully saturated rings. The number of rotatable bonds is 3. The molecule has 2 amide bonds. The molecule has 1 saturated carbocycles. The first-order valence-electron chi connectivity index (χ1n) is 10.5. The van der Waals surface area contributed by atoms with Gasteiger partial charge in [0.05, 0.1) is 21.6 Å². The SMILES string of the molecule is O=C(N[C@H]1CC[C@@]2(CCN(c3ccc(F)cc3Cl)C2=O)CC1)c1n[nH]c2ccccc12. The molecule has 2 aliphatic rings. The monoisotopic (exact) mass is 440 g/mol. The second-order valence-corrected chi connectivity index (χ2v) is 8.86. The van der Waals surface area contributed by atoms with Crippen LogP contribution in [0.4, 0.5) is 10.1 Å². The second-order valence-electron chi connectivity index (χ2n) is 8.45. The molecule has 160 valence electrons. The van der Waals surface area contributed by atoms with Crippen molar-refractivity contribution in [3.63, 3.8) is 0 Å². The lowest BCUT2D eigenvalue weighted by Gasteiger charge is -2.36. The van der Waals surface area contributed by atoms with E-state index in [1.165, 1.54) is 12.1 Å². The maximum Gasteiger partial charge on any atom is 0.272 e. The average Bonchev–Trinajstić information content (AvgIpc) is 3.33. The van der Waals surface area contributed by atoms with E-state index in [2.05, 4.69) is 15.5 Å². The van der Waals surface area contributed by atoms with Crippen LogP contribution in [0.15, 0.2) is 42.5 Å². The summed E-state index contributed by atoms with van der Waals surface area (Å²) in [6, 6.07) is 11.7. The van der Waals surface area contributed by atoms with Crippen molar-refractivity contribution in [1.82, 2.24) is 15.5 Å². The van der Waals surface area contributed by atoms with Gasteiger partial charge in [-0.05, 0) is 56.4 Å². The van der Waals surface area contributed by atoms with Gasteiger partial charge in [-0.15, -0.1) is 0 Å². The largest absolute Gasteiger partial charge is 0.348 e. The van der Waals surface area contributed by atoms with Gasteiger partial charge >= 0.3 is 0 Å². The lowest BCUT2D eigenvalue weighted by atomic mass is 9.71. The Labute approximate surface area is 183 Å². The van der Waals surface area contributed by atoms with Gasteiger partial charge in [-0.25, -0.2) is 4.39 Å². The molecular weight excluding hydrogens is 419 g/mol. The number of H-pyrrole nitrogens is 1. The minimum absolute atomic E-state index is 0.00449. The minimum atomic E-state index is -0.433. The molecule has 1 aromatic heterocycles. The van der Waals surface area contributed by atoms with Gasteiger partial charge in [0.15, 0.2) is 5.69 Å². The Morgan fingerprint density at radius 3 is 2.74 bits per heavy atom. The maximum atomic E-state index is 13.4. The van der Waals surface area contributed by atoms with Crippen molar-refractivity contribution in [2.45, 2.75) is 38.1 Å². The second kappa shape index (κ2) is 7.64. The zero-order chi connectivity index (χ0) is 21.6. The number of hydrogen-bond donors (Lipinski definition) is 2. The molecule has 5 rings (SSSR count). The summed E-state index contributed by atoms with van der Waals surface area (Å²) >= 11 is 6.18. The first-order valence-corrected chi connectivity index (χ1v) is 10.9. The number of aromatic nitrogens is 2. The first-order chi connectivity index (χ1) is 15.0. The normalized spacial score (nSPS) is 23.6. The number of nitrogens with zero attached hydrogens (tertiary/aromatic N) is 2. The molecule has 0 unspecified atom stereocenters. The number of benzene rings is 2. The maximum absolute atomic E-state index is 13.4. The number of aromatic amines is 1. The standard InChI is InChI=1S/C23H22ClFN4O2/c24-17-13-14(25)5-6-19(17)29-12-11-23(22(29)31)9-7-15(8-10-23)26-21(30)20-16-3-1-2-4-18(16)27-28-20/h1-6,13,15H,7-12H2,(H,26,30)(H,27,28)/t15-,23-. The summed E-state index contributed by atoms with van der Waals surface area (Å²) in [7, 11) is 0. The molecule has 1 spiro atoms. The zero-order valence-electron chi connectivity index (χ0n) is 16.8. The number of para-hydroxylation sites is 1. The van der Waals surface area contributed by atoms with Gasteiger partial charge in [-0.2, -0.15) is 5.10 Å². The van der Waals surface area contributed by atoms with Gasteiger partial charge in [0.25, 0.3) is 5.91 Å².